The van der Waals surface area contributed by atoms with E-state index in [2.05, 4.69) is 29.3 Å². The number of pyridine rings is 1. The second kappa shape index (κ2) is 4.67. The van der Waals surface area contributed by atoms with Crippen molar-refractivity contribution in [2.75, 3.05) is 24.0 Å². The van der Waals surface area contributed by atoms with Gasteiger partial charge in [0.25, 0.3) is 0 Å². The average Bonchev–Trinajstić information content (AvgIpc) is 2.74. The highest BCUT2D eigenvalue weighted by atomic mass is 16.5. The molecule has 0 amide bonds. The van der Waals surface area contributed by atoms with E-state index >= 15 is 0 Å². The van der Waals surface area contributed by atoms with Crippen LogP contribution in [0.2, 0.25) is 0 Å². The second-order valence-electron chi connectivity index (χ2n) is 4.09. The Kier molecular flexibility index (Phi) is 3.26. The maximum Gasteiger partial charge on any atom is 0.141 e. The molecule has 16 heavy (non-hydrogen) atoms. The highest BCUT2D eigenvalue weighted by Gasteiger charge is 2.28. The molecule has 0 aliphatic carbocycles. The predicted octanol–water partition coefficient (Wildman–Crippen LogP) is 0.981. The molecular formula is C11H18N4O. The Morgan fingerprint density at radius 3 is 3.06 bits per heavy atom. The number of rotatable bonds is 3. The molecular weight excluding hydrogens is 204 g/mol. The number of likely N-dealkylation sites (N-methyl/N-ethyl adjacent to an activating group) is 1. The fraction of sp³-hybridized carbons (Fsp3) is 0.545. The van der Waals surface area contributed by atoms with Crippen LogP contribution in [0.5, 0.6) is 0 Å². The Balaban J connectivity index is 2.16. The number of nitrogens with zero attached hydrogens (tertiary/aromatic N) is 2. The normalized spacial score (nSPS) is 24.4. The molecule has 1 aromatic heterocycles. The van der Waals surface area contributed by atoms with Gasteiger partial charge in [0.2, 0.25) is 0 Å². The number of aromatic nitrogens is 1. The van der Waals surface area contributed by atoms with Crippen LogP contribution < -0.4 is 16.2 Å². The Bertz CT molecular complexity index is 358. The third kappa shape index (κ3) is 2.10. The van der Waals surface area contributed by atoms with Gasteiger partial charge in [0.15, 0.2) is 0 Å². The van der Waals surface area contributed by atoms with Gasteiger partial charge in [0.05, 0.1) is 12.1 Å². The number of hydrogen-bond acceptors (Lipinski definition) is 5. The molecule has 1 saturated heterocycles. The first kappa shape index (κ1) is 11.2. The molecule has 0 aromatic carbocycles. The summed E-state index contributed by atoms with van der Waals surface area (Å²) in [6.45, 7) is 2.95. The Morgan fingerprint density at radius 2 is 2.44 bits per heavy atom. The molecule has 3 N–H and O–H groups in total. The number of ether oxygens (including phenoxy) is 1. The first-order valence-electron chi connectivity index (χ1n) is 5.49. The van der Waals surface area contributed by atoms with Gasteiger partial charge in [-0.25, -0.2) is 10.8 Å². The van der Waals surface area contributed by atoms with Crippen LogP contribution in [-0.4, -0.2) is 30.8 Å². The topological polar surface area (TPSA) is 63.4 Å². The summed E-state index contributed by atoms with van der Waals surface area (Å²) in [6, 6.07) is 4.34. The maximum atomic E-state index is 5.57. The van der Waals surface area contributed by atoms with E-state index in [1.807, 2.05) is 12.1 Å². The average molecular weight is 222 g/mol. The van der Waals surface area contributed by atoms with Crippen LogP contribution in [0.4, 0.5) is 11.5 Å². The van der Waals surface area contributed by atoms with E-state index in [-0.39, 0.29) is 6.10 Å². The molecule has 0 radical (unpaired) electrons. The van der Waals surface area contributed by atoms with Crippen molar-refractivity contribution in [3.05, 3.63) is 18.3 Å². The summed E-state index contributed by atoms with van der Waals surface area (Å²) in [4.78, 5) is 6.31. The van der Waals surface area contributed by atoms with Crippen LogP contribution in [0.25, 0.3) is 0 Å². The zero-order valence-corrected chi connectivity index (χ0v) is 9.68. The van der Waals surface area contributed by atoms with Gasteiger partial charge in [-0.3, -0.25) is 0 Å². The summed E-state index contributed by atoms with van der Waals surface area (Å²) >= 11 is 0. The number of nitrogens with one attached hydrogen (secondary N) is 1. The summed E-state index contributed by atoms with van der Waals surface area (Å²) in [7, 11) is 2.07. The quantitative estimate of drug-likeness (QED) is 0.589. The largest absolute Gasteiger partial charge is 0.376 e. The van der Waals surface area contributed by atoms with Crippen LogP contribution >= 0.6 is 0 Å². The monoisotopic (exact) mass is 222 g/mol. The van der Waals surface area contributed by atoms with Crippen LogP contribution in [-0.2, 0) is 4.74 Å². The lowest BCUT2D eigenvalue weighted by Crippen LogP contribution is -2.36. The predicted molar refractivity (Wildman–Crippen MR) is 64.3 cm³/mol. The number of hydrogen-bond donors (Lipinski definition) is 2. The van der Waals surface area contributed by atoms with Crippen molar-refractivity contribution >= 4 is 11.5 Å². The third-order valence-corrected chi connectivity index (χ3v) is 3.13. The van der Waals surface area contributed by atoms with Gasteiger partial charge in [-0.2, -0.15) is 0 Å². The molecule has 0 saturated carbocycles. The van der Waals surface area contributed by atoms with Gasteiger partial charge in [-0.15, -0.1) is 0 Å². The van der Waals surface area contributed by atoms with Gasteiger partial charge < -0.3 is 15.1 Å². The zero-order chi connectivity index (χ0) is 11.5. The fourth-order valence-electron chi connectivity index (χ4n) is 2.14. The van der Waals surface area contributed by atoms with Crippen molar-refractivity contribution in [3.8, 4) is 0 Å². The lowest BCUT2D eigenvalue weighted by atomic mass is 10.1. The van der Waals surface area contributed by atoms with Crippen molar-refractivity contribution in [1.82, 2.24) is 4.98 Å². The van der Waals surface area contributed by atoms with E-state index in [0.717, 1.165) is 18.7 Å². The molecule has 1 aromatic rings. The molecule has 5 nitrogen and oxygen atoms in total. The molecule has 2 heterocycles. The van der Waals surface area contributed by atoms with E-state index in [9.17, 15) is 0 Å². The molecule has 88 valence electrons. The van der Waals surface area contributed by atoms with Gasteiger partial charge >= 0.3 is 0 Å². The summed E-state index contributed by atoms with van der Waals surface area (Å²) < 4.78 is 5.57. The summed E-state index contributed by atoms with van der Waals surface area (Å²) in [5, 5.41) is 0. The Hall–Kier alpha value is -1.33. The van der Waals surface area contributed by atoms with Crippen molar-refractivity contribution in [1.29, 1.82) is 0 Å². The highest BCUT2D eigenvalue weighted by molar-refractivity contribution is 5.53. The van der Waals surface area contributed by atoms with Crippen LogP contribution in [0.1, 0.15) is 13.3 Å². The molecule has 0 bridgehead atoms. The van der Waals surface area contributed by atoms with E-state index in [1.165, 1.54) is 0 Å². The van der Waals surface area contributed by atoms with E-state index in [4.69, 9.17) is 10.6 Å². The van der Waals surface area contributed by atoms with Crippen LogP contribution in [0.3, 0.4) is 0 Å². The van der Waals surface area contributed by atoms with Gasteiger partial charge in [-0.1, -0.05) is 0 Å². The van der Waals surface area contributed by atoms with Crippen LogP contribution in [0, 0.1) is 0 Å². The SMILES string of the molecule is CC1OCCC1N(C)c1ccnc(NN)c1. The van der Waals surface area contributed by atoms with Gasteiger partial charge in [-0.05, 0) is 19.4 Å². The second-order valence-corrected chi connectivity index (χ2v) is 4.09. The molecule has 1 aliphatic rings. The molecule has 0 spiro atoms. The lowest BCUT2D eigenvalue weighted by molar-refractivity contribution is 0.118. The third-order valence-electron chi connectivity index (χ3n) is 3.13. The molecule has 2 rings (SSSR count). The molecule has 1 fully saturated rings. The number of hydrazine groups is 1. The molecule has 5 heteroatoms. The number of nitrogen functional groups attached to an aromatic ring is 1. The Morgan fingerprint density at radius 1 is 1.62 bits per heavy atom. The fourth-order valence-corrected chi connectivity index (χ4v) is 2.14. The van der Waals surface area contributed by atoms with Crippen molar-refractivity contribution in [2.45, 2.75) is 25.5 Å². The smallest absolute Gasteiger partial charge is 0.141 e. The minimum atomic E-state index is 0.271. The van der Waals surface area contributed by atoms with E-state index in [0.29, 0.717) is 11.9 Å². The Labute approximate surface area is 95.6 Å². The number of anilines is 2. The molecule has 2 unspecified atom stereocenters. The highest BCUT2D eigenvalue weighted by Crippen LogP contribution is 2.24. The summed E-state index contributed by atoms with van der Waals surface area (Å²) in [6.07, 6.45) is 3.08. The first-order valence-corrected chi connectivity index (χ1v) is 5.49. The lowest BCUT2D eigenvalue weighted by Gasteiger charge is -2.28. The first-order chi connectivity index (χ1) is 7.72. The molecule has 2 atom stereocenters. The van der Waals surface area contributed by atoms with E-state index in [1.54, 1.807) is 6.20 Å². The van der Waals surface area contributed by atoms with Crippen molar-refractivity contribution in [2.24, 2.45) is 5.84 Å². The van der Waals surface area contributed by atoms with Crippen molar-refractivity contribution < 1.29 is 4.74 Å². The summed E-state index contributed by atoms with van der Waals surface area (Å²) in [5.74, 6) is 6.02. The van der Waals surface area contributed by atoms with Crippen LogP contribution in [0.15, 0.2) is 18.3 Å². The van der Waals surface area contributed by atoms with Crippen molar-refractivity contribution in [3.63, 3.8) is 0 Å². The minimum Gasteiger partial charge on any atom is -0.376 e. The minimum absolute atomic E-state index is 0.271. The van der Waals surface area contributed by atoms with Gasteiger partial charge in [0, 0.05) is 31.6 Å². The number of nitrogens with two attached hydrogens (primary N) is 1. The zero-order valence-electron chi connectivity index (χ0n) is 9.68. The molecule has 1 aliphatic heterocycles. The van der Waals surface area contributed by atoms with E-state index < -0.39 is 0 Å². The standard InChI is InChI=1S/C11H18N4O/c1-8-10(4-6-16-8)15(2)9-3-5-13-11(7-9)14-12/h3,5,7-8,10H,4,6,12H2,1-2H3,(H,13,14). The summed E-state index contributed by atoms with van der Waals surface area (Å²) in [5.41, 5.74) is 3.66. The maximum absolute atomic E-state index is 5.57. The van der Waals surface area contributed by atoms with Gasteiger partial charge in [0.1, 0.15) is 5.82 Å².